The van der Waals surface area contributed by atoms with E-state index in [1.807, 2.05) is 6.92 Å². The molecule has 0 unspecified atom stereocenters. The molecule has 1 heterocycles. The Morgan fingerprint density at radius 1 is 1.48 bits per heavy atom. The summed E-state index contributed by atoms with van der Waals surface area (Å²) in [5, 5.41) is 3.36. The normalized spacial score (nSPS) is 10.3. The van der Waals surface area contributed by atoms with Gasteiger partial charge in [-0.2, -0.15) is 8.42 Å². The van der Waals surface area contributed by atoms with Crippen LogP contribution in [-0.4, -0.2) is 14.3 Å². The number of nitrogens with one attached hydrogen (secondary N) is 1. The van der Waals surface area contributed by atoms with Gasteiger partial charge in [0.1, 0.15) is 5.76 Å². The van der Waals surface area contributed by atoms with Crippen molar-refractivity contribution in [2.45, 2.75) is 19.9 Å². The van der Waals surface area contributed by atoms with E-state index in [0.29, 0.717) is 35.0 Å². The summed E-state index contributed by atoms with van der Waals surface area (Å²) in [6.45, 7) is 2.14. The summed E-state index contributed by atoms with van der Waals surface area (Å²) in [4.78, 5) is 12.0. The lowest BCUT2D eigenvalue weighted by atomic mass is 10.0. The molecule has 0 radical (unpaired) electrons. The van der Waals surface area contributed by atoms with Gasteiger partial charge in [0.25, 0.3) is 5.91 Å². The predicted molar refractivity (Wildman–Crippen MR) is 87.0 cm³/mol. The first kappa shape index (κ1) is 17.0. The SMILES string of the molecule is CCc1c(Cl)c(N)cc(C(=O)N=S(=O)=O)c1NCc1ccco1. The van der Waals surface area contributed by atoms with E-state index >= 15 is 0 Å². The van der Waals surface area contributed by atoms with Gasteiger partial charge in [-0.25, -0.2) is 0 Å². The monoisotopic (exact) mass is 355 g/mol. The number of nitrogens with two attached hydrogens (primary N) is 1. The molecule has 2 rings (SSSR count). The van der Waals surface area contributed by atoms with Gasteiger partial charge < -0.3 is 15.5 Å². The zero-order valence-electron chi connectivity index (χ0n) is 12.2. The van der Waals surface area contributed by atoms with Crippen LogP contribution in [0.25, 0.3) is 0 Å². The molecule has 2 aromatic rings. The third-order valence-electron chi connectivity index (χ3n) is 3.15. The van der Waals surface area contributed by atoms with Crippen LogP contribution in [0.5, 0.6) is 0 Å². The Hall–Kier alpha value is -2.32. The van der Waals surface area contributed by atoms with Crippen LogP contribution in [0.2, 0.25) is 5.02 Å². The van der Waals surface area contributed by atoms with Crippen molar-refractivity contribution in [1.82, 2.24) is 0 Å². The van der Waals surface area contributed by atoms with Crippen molar-refractivity contribution >= 4 is 39.4 Å². The van der Waals surface area contributed by atoms with Gasteiger partial charge in [-0.3, -0.25) is 4.79 Å². The minimum atomic E-state index is -2.85. The number of anilines is 2. The molecule has 0 atom stereocenters. The lowest BCUT2D eigenvalue weighted by molar-refractivity contribution is 0.101. The Morgan fingerprint density at radius 3 is 2.78 bits per heavy atom. The summed E-state index contributed by atoms with van der Waals surface area (Å²) in [5.74, 6) is -0.277. The average molecular weight is 356 g/mol. The average Bonchev–Trinajstić information content (AvgIpc) is 3.00. The largest absolute Gasteiger partial charge is 0.467 e. The molecule has 3 N–H and O–H groups in total. The second-order valence-corrected chi connectivity index (χ2v) is 5.58. The van der Waals surface area contributed by atoms with Gasteiger partial charge in [0.2, 0.25) is 0 Å². The lowest BCUT2D eigenvalue weighted by Gasteiger charge is -2.16. The summed E-state index contributed by atoms with van der Waals surface area (Å²) in [5.41, 5.74) is 7.02. The van der Waals surface area contributed by atoms with E-state index in [1.165, 1.54) is 12.3 Å². The number of amides is 1. The van der Waals surface area contributed by atoms with Gasteiger partial charge in [0, 0.05) is 0 Å². The number of hydrogen-bond acceptors (Lipinski definition) is 6. The van der Waals surface area contributed by atoms with Crippen molar-refractivity contribution in [2.24, 2.45) is 4.36 Å². The molecule has 9 heteroatoms. The zero-order chi connectivity index (χ0) is 17.0. The van der Waals surface area contributed by atoms with E-state index < -0.39 is 16.4 Å². The highest BCUT2D eigenvalue weighted by atomic mass is 35.5. The molecular weight excluding hydrogens is 342 g/mol. The quantitative estimate of drug-likeness (QED) is 0.797. The first-order valence-corrected chi connectivity index (χ1v) is 8.07. The summed E-state index contributed by atoms with van der Waals surface area (Å²) < 4.78 is 29.6. The van der Waals surface area contributed by atoms with Crippen molar-refractivity contribution < 1.29 is 17.6 Å². The number of carbonyl (C=O) groups is 1. The third kappa shape index (κ3) is 3.91. The maximum Gasteiger partial charge on any atom is 0.319 e. The number of rotatable bonds is 5. The molecule has 0 bridgehead atoms. The van der Waals surface area contributed by atoms with Gasteiger partial charge in [-0.1, -0.05) is 22.9 Å². The third-order valence-corrected chi connectivity index (χ3v) is 3.91. The second-order valence-electron chi connectivity index (χ2n) is 4.58. The van der Waals surface area contributed by atoms with Crippen LogP contribution in [0, 0.1) is 0 Å². The number of nitrogens with zero attached hydrogens (tertiary/aromatic N) is 1. The van der Waals surface area contributed by atoms with E-state index in [2.05, 4.69) is 9.68 Å². The predicted octanol–water partition coefficient (Wildman–Crippen LogP) is 2.89. The molecule has 122 valence electrons. The molecular formula is C14H14ClN3O4S. The fraction of sp³-hybridized carbons (Fsp3) is 0.214. The minimum Gasteiger partial charge on any atom is -0.467 e. The van der Waals surface area contributed by atoms with Crippen molar-refractivity contribution in [3.05, 3.63) is 46.4 Å². The molecule has 0 saturated carbocycles. The number of furan rings is 1. The molecule has 0 aliphatic carbocycles. The molecule has 0 aliphatic heterocycles. The van der Waals surface area contributed by atoms with Gasteiger partial charge in [0.05, 0.1) is 34.8 Å². The molecule has 7 nitrogen and oxygen atoms in total. The number of hydrogen-bond donors (Lipinski definition) is 2. The number of halogens is 1. The number of benzene rings is 1. The number of nitrogen functional groups attached to an aromatic ring is 1. The van der Waals surface area contributed by atoms with Crippen LogP contribution in [0.1, 0.15) is 28.6 Å². The Balaban J connectivity index is 2.52. The first-order chi connectivity index (χ1) is 10.9. The van der Waals surface area contributed by atoms with Crippen LogP contribution < -0.4 is 11.1 Å². The Labute approximate surface area is 139 Å². The van der Waals surface area contributed by atoms with Crippen molar-refractivity contribution in [2.75, 3.05) is 11.1 Å². The molecule has 1 amide bonds. The Kier molecular flexibility index (Phi) is 5.41. The minimum absolute atomic E-state index is 0.0412. The van der Waals surface area contributed by atoms with Crippen LogP contribution in [0.3, 0.4) is 0 Å². The van der Waals surface area contributed by atoms with Crippen LogP contribution >= 0.6 is 11.6 Å². The summed E-state index contributed by atoms with van der Waals surface area (Å²) in [6.07, 6.45) is 2.01. The van der Waals surface area contributed by atoms with Gasteiger partial charge >= 0.3 is 10.5 Å². The maximum absolute atomic E-state index is 12.0. The molecule has 0 aliphatic rings. The van der Waals surface area contributed by atoms with Gasteiger partial charge in [-0.05, 0) is 30.2 Å². The summed E-state index contributed by atoms with van der Waals surface area (Å²) in [7, 11) is -2.85. The van der Waals surface area contributed by atoms with E-state index in [4.69, 9.17) is 21.8 Å². The van der Waals surface area contributed by atoms with Crippen molar-refractivity contribution in [1.29, 1.82) is 0 Å². The standard InChI is InChI=1S/C14H14ClN3O4S/c1-2-9-12(15)11(16)6-10(14(19)18-23(20)21)13(9)17-7-8-4-3-5-22-8/h3-6,17H,2,7,16H2,1H3. The highest BCUT2D eigenvalue weighted by Crippen LogP contribution is 2.35. The molecule has 0 fully saturated rings. The van der Waals surface area contributed by atoms with E-state index in [0.717, 1.165) is 0 Å². The maximum atomic E-state index is 12.0. The number of carbonyl (C=O) groups excluding carboxylic acids is 1. The van der Waals surface area contributed by atoms with E-state index in [1.54, 1.807) is 12.1 Å². The molecule has 1 aromatic carbocycles. The van der Waals surface area contributed by atoms with Crippen LogP contribution in [0.15, 0.2) is 33.2 Å². The van der Waals surface area contributed by atoms with Crippen molar-refractivity contribution in [3.63, 3.8) is 0 Å². The van der Waals surface area contributed by atoms with Gasteiger partial charge in [-0.15, -0.1) is 0 Å². The Morgan fingerprint density at radius 2 is 2.22 bits per heavy atom. The highest BCUT2D eigenvalue weighted by molar-refractivity contribution is 7.62. The van der Waals surface area contributed by atoms with E-state index in [9.17, 15) is 13.2 Å². The molecule has 0 spiro atoms. The van der Waals surface area contributed by atoms with Gasteiger partial charge in [0.15, 0.2) is 0 Å². The fourth-order valence-corrected chi connectivity index (χ4v) is 2.66. The van der Waals surface area contributed by atoms with Crippen LogP contribution in [-0.2, 0) is 23.5 Å². The molecule has 23 heavy (non-hydrogen) atoms. The summed E-state index contributed by atoms with van der Waals surface area (Å²) >= 11 is 6.19. The Bertz CT molecular complexity index is 853. The first-order valence-electron chi connectivity index (χ1n) is 6.66. The lowest BCUT2D eigenvalue weighted by Crippen LogP contribution is -2.10. The second kappa shape index (κ2) is 7.30. The zero-order valence-corrected chi connectivity index (χ0v) is 13.7. The highest BCUT2D eigenvalue weighted by Gasteiger charge is 2.19. The molecule has 0 saturated heterocycles. The summed E-state index contributed by atoms with van der Waals surface area (Å²) in [6, 6.07) is 4.80. The fourth-order valence-electron chi connectivity index (χ4n) is 2.15. The van der Waals surface area contributed by atoms with E-state index in [-0.39, 0.29) is 11.3 Å². The topological polar surface area (TPSA) is 115 Å². The van der Waals surface area contributed by atoms with Crippen LogP contribution in [0.4, 0.5) is 11.4 Å². The smallest absolute Gasteiger partial charge is 0.319 e. The molecule has 1 aromatic heterocycles. The van der Waals surface area contributed by atoms with Crippen molar-refractivity contribution in [3.8, 4) is 0 Å².